The molecular formula is C16H21NO7. The maximum absolute atomic E-state index is 11.5. The van der Waals surface area contributed by atoms with Gasteiger partial charge in [-0.2, -0.15) is 0 Å². The summed E-state index contributed by atoms with van der Waals surface area (Å²) in [4.78, 5) is 22.9. The van der Waals surface area contributed by atoms with Crippen LogP contribution < -0.4 is 10.1 Å². The lowest BCUT2D eigenvalue weighted by atomic mass is 9.96. The highest BCUT2D eigenvalue weighted by Gasteiger charge is 2.48. The molecule has 0 radical (unpaired) electrons. The van der Waals surface area contributed by atoms with Gasteiger partial charge in [-0.05, 0) is 12.1 Å². The fourth-order valence-corrected chi connectivity index (χ4v) is 2.52. The van der Waals surface area contributed by atoms with Crippen molar-refractivity contribution in [2.75, 3.05) is 6.61 Å². The molecule has 1 aromatic carbocycles. The predicted octanol–water partition coefficient (Wildman–Crippen LogP) is -0.420. The van der Waals surface area contributed by atoms with Gasteiger partial charge in [-0.15, -0.1) is 0 Å². The van der Waals surface area contributed by atoms with Crippen LogP contribution in [0.4, 0.5) is 0 Å². The summed E-state index contributed by atoms with van der Waals surface area (Å²) in [5.74, 6) is -0.573. The third-order valence-electron chi connectivity index (χ3n) is 3.52. The molecule has 0 unspecified atom stereocenters. The van der Waals surface area contributed by atoms with E-state index in [1.54, 1.807) is 24.3 Å². The van der Waals surface area contributed by atoms with E-state index in [2.05, 4.69) is 5.32 Å². The third kappa shape index (κ3) is 4.44. The highest BCUT2D eigenvalue weighted by atomic mass is 16.7. The molecule has 132 valence electrons. The largest absolute Gasteiger partial charge is 0.463 e. The number of hydrogen-bond acceptors (Lipinski definition) is 7. The minimum Gasteiger partial charge on any atom is -0.463 e. The quantitative estimate of drug-likeness (QED) is 0.624. The normalized spacial score (nSPS) is 29.6. The summed E-state index contributed by atoms with van der Waals surface area (Å²) in [7, 11) is 0. The number of ether oxygens (including phenoxy) is 3. The molecule has 0 aliphatic carbocycles. The molecule has 1 amide bonds. The number of esters is 1. The van der Waals surface area contributed by atoms with Crippen LogP contribution in [0.5, 0.6) is 5.75 Å². The monoisotopic (exact) mass is 339 g/mol. The van der Waals surface area contributed by atoms with Crippen LogP contribution in [-0.2, 0) is 19.1 Å². The molecule has 8 nitrogen and oxygen atoms in total. The molecule has 1 heterocycles. The first-order chi connectivity index (χ1) is 11.4. The number of rotatable bonds is 5. The summed E-state index contributed by atoms with van der Waals surface area (Å²) in [6.07, 6.45) is -4.51. The van der Waals surface area contributed by atoms with E-state index in [4.69, 9.17) is 14.2 Å². The van der Waals surface area contributed by atoms with E-state index in [1.807, 2.05) is 6.07 Å². The van der Waals surface area contributed by atoms with Crippen LogP contribution in [0.1, 0.15) is 13.8 Å². The van der Waals surface area contributed by atoms with E-state index in [1.165, 1.54) is 13.8 Å². The Morgan fingerprint density at radius 2 is 1.92 bits per heavy atom. The predicted molar refractivity (Wildman–Crippen MR) is 82.0 cm³/mol. The fourth-order valence-electron chi connectivity index (χ4n) is 2.52. The second kappa shape index (κ2) is 8.09. The average Bonchev–Trinajstić information content (AvgIpc) is 2.53. The number of para-hydroxylation sites is 1. The Balaban J connectivity index is 2.28. The van der Waals surface area contributed by atoms with Gasteiger partial charge in [0.2, 0.25) is 12.2 Å². The van der Waals surface area contributed by atoms with E-state index in [-0.39, 0.29) is 0 Å². The van der Waals surface area contributed by atoms with Gasteiger partial charge in [0.05, 0.1) is 6.61 Å². The number of carbonyl (C=O) groups is 2. The van der Waals surface area contributed by atoms with E-state index in [9.17, 15) is 19.8 Å². The number of aliphatic hydroxyl groups excluding tert-OH is 2. The highest BCUT2D eigenvalue weighted by Crippen LogP contribution is 2.26. The first-order valence-corrected chi connectivity index (χ1v) is 7.52. The van der Waals surface area contributed by atoms with E-state index >= 15 is 0 Å². The van der Waals surface area contributed by atoms with Crippen LogP contribution in [-0.4, -0.2) is 59.3 Å². The standard InChI is InChI=1S/C16H21NO7/c1-9(19)17-13-15(22-10(2)20)14(21)12(8-18)24-16(13)23-11-6-4-3-5-7-11/h3-7,12-16,18,21H,8H2,1-2H3,(H,17,19)/t12-,13+,14+,15+,16-/m1/s1. The SMILES string of the molecule is CC(=O)N[C@@H]1[C@H](Oc2ccccc2)O[C@H](CO)[C@H](O)[C@H]1OC(C)=O. The maximum Gasteiger partial charge on any atom is 0.303 e. The Bertz CT molecular complexity index is 565. The Kier molecular flexibility index (Phi) is 6.13. The molecule has 5 atom stereocenters. The lowest BCUT2D eigenvalue weighted by molar-refractivity contribution is -0.249. The molecule has 1 aliphatic heterocycles. The Labute approximate surface area is 139 Å². The van der Waals surface area contributed by atoms with Crippen LogP contribution in [0.2, 0.25) is 0 Å². The zero-order valence-electron chi connectivity index (χ0n) is 13.4. The molecule has 8 heteroatoms. The summed E-state index contributed by atoms with van der Waals surface area (Å²) in [5.41, 5.74) is 0. The van der Waals surface area contributed by atoms with Gasteiger partial charge in [-0.3, -0.25) is 9.59 Å². The van der Waals surface area contributed by atoms with Crippen LogP contribution in [0.25, 0.3) is 0 Å². The molecule has 3 N–H and O–H groups in total. The summed E-state index contributed by atoms with van der Waals surface area (Å²) >= 11 is 0. The van der Waals surface area contributed by atoms with Crippen molar-refractivity contribution in [2.24, 2.45) is 0 Å². The molecule has 0 bridgehead atoms. The van der Waals surface area contributed by atoms with Gasteiger partial charge in [0.15, 0.2) is 6.10 Å². The molecule has 0 aromatic heterocycles. The number of amides is 1. The van der Waals surface area contributed by atoms with E-state index in [0.29, 0.717) is 5.75 Å². The summed E-state index contributed by atoms with van der Waals surface area (Å²) in [6.45, 7) is 1.98. The van der Waals surface area contributed by atoms with E-state index < -0.39 is 49.1 Å². The second-order valence-electron chi connectivity index (χ2n) is 5.45. The Morgan fingerprint density at radius 1 is 1.25 bits per heavy atom. The zero-order chi connectivity index (χ0) is 17.7. The van der Waals surface area contributed by atoms with Crippen molar-refractivity contribution < 1.29 is 34.0 Å². The van der Waals surface area contributed by atoms with Gasteiger partial charge in [0.25, 0.3) is 0 Å². The third-order valence-corrected chi connectivity index (χ3v) is 3.52. The topological polar surface area (TPSA) is 114 Å². The van der Waals surface area contributed by atoms with Crippen molar-refractivity contribution in [3.8, 4) is 5.75 Å². The first-order valence-electron chi connectivity index (χ1n) is 7.52. The van der Waals surface area contributed by atoms with Gasteiger partial charge in [-0.1, -0.05) is 18.2 Å². The lowest BCUT2D eigenvalue weighted by Gasteiger charge is -2.43. The van der Waals surface area contributed by atoms with Gasteiger partial charge in [0, 0.05) is 13.8 Å². The number of carbonyl (C=O) groups excluding carboxylic acids is 2. The van der Waals surface area contributed by atoms with Gasteiger partial charge in [0.1, 0.15) is 24.0 Å². The maximum atomic E-state index is 11.5. The molecule has 1 aromatic rings. The average molecular weight is 339 g/mol. The molecular weight excluding hydrogens is 318 g/mol. The van der Waals surface area contributed by atoms with E-state index in [0.717, 1.165) is 0 Å². The summed E-state index contributed by atoms with van der Waals surface area (Å²) in [5, 5.41) is 22.2. The molecule has 24 heavy (non-hydrogen) atoms. The zero-order valence-corrected chi connectivity index (χ0v) is 13.4. The Morgan fingerprint density at radius 3 is 2.46 bits per heavy atom. The number of nitrogens with one attached hydrogen (secondary N) is 1. The molecule has 1 aliphatic rings. The summed E-state index contributed by atoms with van der Waals surface area (Å²) < 4.78 is 16.4. The molecule has 0 saturated carbocycles. The van der Waals surface area contributed by atoms with Gasteiger partial charge < -0.3 is 29.7 Å². The van der Waals surface area contributed by atoms with Crippen molar-refractivity contribution in [3.63, 3.8) is 0 Å². The fraction of sp³-hybridized carbons (Fsp3) is 0.500. The number of benzene rings is 1. The smallest absolute Gasteiger partial charge is 0.303 e. The van der Waals surface area contributed by atoms with Crippen molar-refractivity contribution in [1.82, 2.24) is 5.32 Å². The van der Waals surface area contributed by atoms with Crippen molar-refractivity contribution in [3.05, 3.63) is 30.3 Å². The second-order valence-corrected chi connectivity index (χ2v) is 5.45. The van der Waals surface area contributed by atoms with Gasteiger partial charge >= 0.3 is 5.97 Å². The Hall–Kier alpha value is -2.16. The number of aliphatic hydroxyl groups is 2. The van der Waals surface area contributed by atoms with Crippen molar-refractivity contribution >= 4 is 11.9 Å². The van der Waals surface area contributed by atoms with Crippen molar-refractivity contribution in [1.29, 1.82) is 0 Å². The molecule has 2 rings (SSSR count). The van der Waals surface area contributed by atoms with Crippen LogP contribution in [0, 0.1) is 0 Å². The van der Waals surface area contributed by atoms with Crippen LogP contribution >= 0.6 is 0 Å². The molecule has 0 spiro atoms. The van der Waals surface area contributed by atoms with Gasteiger partial charge in [-0.25, -0.2) is 0 Å². The minimum atomic E-state index is -1.31. The molecule has 1 saturated heterocycles. The number of hydrogen-bond donors (Lipinski definition) is 3. The minimum absolute atomic E-state index is 0.405. The lowest BCUT2D eigenvalue weighted by Crippen LogP contribution is -2.66. The van der Waals surface area contributed by atoms with Crippen LogP contribution in [0.3, 0.4) is 0 Å². The van der Waals surface area contributed by atoms with Crippen molar-refractivity contribution in [2.45, 2.75) is 44.5 Å². The van der Waals surface area contributed by atoms with Crippen LogP contribution in [0.15, 0.2) is 30.3 Å². The first kappa shape index (κ1) is 18.2. The molecule has 1 fully saturated rings. The highest BCUT2D eigenvalue weighted by molar-refractivity contribution is 5.73. The summed E-state index contributed by atoms with van der Waals surface area (Å²) in [6, 6.07) is 7.76.